The molecule has 0 aliphatic rings. The lowest BCUT2D eigenvalue weighted by Gasteiger charge is -2.20. The second-order valence-electron chi connectivity index (χ2n) is 5.96. The van der Waals surface area contributed by atoms with E-state index in [4.69, 9.17) is 0 Å². The van der Waals surface area contributed by atoms with Gasteiger partial charge in [0, 0.05) is 12.4 Å². The predicted octanol–water partition coefficient (Wildman–Crippen LogP) is 4.96. The van der Waals surface area contributed by atoms with Crippen LogP contribution in [0.2, 0.25) is 0 Å². The van der Waals surface area contributed by atoms with Gasteiger partial charge in [-0.15, -0.1) is 0 Å². The lowest BCUT2D eigenvalue weighted by atomic mass is 10.1. The Hall–Kier alpha value is -3.26. The van der Waals surface area contributed by atoms with Gasteiger partial charge in [-0.2, -0.15) is 0 Å². The first kappa shape index (κ1) is 18.1. The van der Waals surface area contributed by atoms with E-state index in [0.29, 0.717) is 15.8 Å². The number of hydrogen-bond acceptors (Lipinski definition) is 4. The summed E-state index contributed by atoms with van der Waals surface area (Å²) in [6, 6.07) is 10.7. The largest absolute Gasteiger partial charge is 0.279 e. The lowest BCUT2D eigenvalue weighted by Crippen LogP contribution is -2.32. The number of fused-ring (bicyclic) bond motifs is 1. The maximum Gasteiger partial charge on any atom is 0.266 e. The van der Waals surface area contributed by atoms with Gasteiger partial charge >= 0.3 is 0 Å². The highest BCUT2D eigenvalue weighted by Crippen LogP contribution is 2.32. The molecule has 140 valence electrons. The minimum absolute atomic E-state index is 0.00273. The molecule has 4 nitrogen and oxygen atoms in total. The van der Waals surface area contributed by atoms with Gasteiger partial charge in [0.2, 0.25) is 0 Å². The number of hydrogen-bond donors (Lipinski definition) is 0. The third-order valence-electron chi connectivity index (χ3n) is 4.06. The van der Waals surface area contributed by atoms with Crippen molar-refractivity contribution >= 4 is 32.6 Å². The molecule has 0 atom stereocenters. The first-order valence-corrected chi connectivity index (χ1v) is 9.05. The minimum atomic E-state index is -0.964. The summed E-state index contributed by atoms with van der Waals surface area (Å²) in [5, 5.41) is 0.206. The maximum absolute atomic E-state index is 14.2. The first-order chi connectivity index (χ1) is 13.5. The van der Waals surface area contributed by atoms with Crippen LogP contribution in [0.1, 0.15) is 15.9 Å². The van der Waals surface area contributed by atoms with Crippen LogP contribution in [0.4, 0.5) is 18.3 Å². The van der Waals surface area contributed by atoms with Crippen molar-refractivity contribution in [1.82, 2.24) is 9.97 Å². The van der Waals surface area contributed by atoms with Crippen molar-refractivity contribution in [2.24, 2.45) is 0 Å². The smallest absolute Gasteiger partial charge is 0.266 e. The van der Waals surface area contributed by atoms with Gasteiger partial charge < -0.3 is 0 Å². The summed E-state index contributed by atoms with van der Waals surface area (Å²) in [5.74, 6) is -3.24. The predicted molar refractivity (Wildman–Crippen MR) is 101 cm³/mol. The van der Waals surface area contributed by atoms with Gasteiger partial charge in [-0.1, -0.05) is 23.5 Å². The Kier molecular flexibility index (Phi) is 4.79. The zero-order valence-electron chi connectivity index (χ0n) is 14.3. The van der Waals surface area contributed by atoms with Crippen LogP contribution >= 0.6 is 11.3 Å². The Morgan fingerprint density at radius 3 is 2.54 bits per heavy atom. The molecule has 0 aliphatic carbocycles. The van der Waals surface area contributed by atoms with Crippen LogP contribution in [0.5, 0.6) is 0 Å². The van der Waals surface area contributed by atoms with Crippen molar-refractivity contribution in [2.75, 3.05) is 4.90 Å². The van der Waals surface area contributed by atoms with Gasteiger partial charge in [0.1, 0.15) is 23.0 Å². The summed E-state index contributed by atoms with van der Waals surface area (Å²) < 4.78 is 42.4. The summed E-state index contributed by atoms with van der Waals surface area (Å²) in [4.78, 5) is 22.6. The number of thiazole rings is 1. The molecular formula is C20H12F3N3OS. The van der Waals surface area contributed by atoms with E-state index < -0.39 is 28.9 Å². The average Bonchev–Trinajstić information content (AvgIpc) is 3.09. The number of pyridine rings is 1. The van der Waals surface area contributed by atoms with Gasteiger partial charge in [-0.3, -0.25) is 14.7 Å². The number of halogens is 3. The Bertz CT molecular complexity index is 1140. The summed E-state index contributed by atoms with van der Waals surface area (Å²) in [6.45, 7) is 0.00273. The molecule has 2 heterocycles. The summed E-state index contributed by atoms with van der Waals surface area (Å²) in [7, 11) is 0. The highest BCUT2D eigenvalue weighted by atomic mass is 32.1. The van der Waals surface area contributed by atoms with Crippen molar-refractivity contribution in [3.63, 3.8) is 0 Å². The highest BCUT2D eigenvalue weighted by Gasteiger charge is 2.27. The molecule has 0 radical (unpaired) electrons. The summed E-state index contributed by atoms with van der Waals surface area (Å²) >= 11 is 1.06. The van der Waals surface area contributed by atoms with Gasteiger partial charge in [0.05, 0.1) is 16.8 Å². The van der Waals surface area contributed by atoms with Gasteiger partial charge in [0.15, 0.2) is 5.13 Å². The Morgan fingerprint density at radius 1 is 1.04 bits per heavy atom. The van der Waals surface area contributed by atoms with E-state index in [1.54, 1.807) is 24.5 Å². The van der Waals surface area contributed by atoms with Crippen molar-refractivity contribution in [2.45, 2.75) is 6.54 Å². The highest BCUT2D eigenvalue weighted by molar-refractivity contribution is 7.22. The van der Waals surface area contributed by atoms with Crippen LogP contribution in [0, 0.1) is 17.5 Å². The third-order valence-corrected chi connectivity index (χ3v) is 5.10. The standard InChI is InChI=1S/C20H12F3N3OS/c21-13-6-7-16-17(9-13)28-20(25-16)26(11-12-3-2-8-24-10-12)19(27)18-14(22)4-1-5-15(18)23/h1-10H,11H2. The number of rotatable bonds is 4. The van der Waals surface area contributed by atoms with Crippen LogP contribution in [-0.4, -0.2) is 15.9 Å². The maximum atomic E-state index is 14.2. The van der Waals surface area contributed by atoms with Gasteiger partial charge in [-0.25, -0.2) is 18.2 Å². The van der Waals surface area contributed by atoms with E-state index >= 15 is 0 Å². The van der Waals surface area contributed by atoms with E-state index in [9.17, 15) is 18.0 Å². The molecule has 0 saturated heterocycles. The van der Waals surface area contributed by atoms with Crippen LogP contribution in [0.3, 0.4) is 0 Å². The first-order valence-electron chi connectivity index (χ1n) is 8.24. The minimum Gasteiger partial charge on any atom is -0.279 e. The second kappa shape index (κ2) is 7.40. The van der Waals surface area contributed by atoms with Crippen LogP contribution in [-0.2, 0) is 6.54 Å². The van der Waals surface area contributed by atoms with E-state index in [2.05, 4.69) is 9.97 Å². The molecule has 0 aliphatic heterocycles. The second-order valence-corrected chi connectivity index (χ2v) is 6.97. The molecule has 0 bridgehead atoms. The molecule has 0 spiro atoms. The van der Waals surface area contributed by atoms with Gasteiger partial charge in [0.25, 0.3) is 5.91 Å². The molecule has 4 rings (SSSR count). The number of carbonyl (C=O) groups is 1. The number of benzene rings is 2. The molecule has 28 heavy (non-hydrogen) atoms. The number of carbonyl (C=O) groups excluding carboxylic acids is 1. The van der Waals surface area contributed by atoms with Crippen molar-refractivity contribution in [3.8, 4) is 0 Å². The van der Waals surface area contributed by atoms with Gasteiger partial charge in [-0.05, 0) is 42.0 Å². The molecule has 8 heteroatoms. The zero-order valence-corrected chi connectivity index (χ0v) is 15.1. The zero-order chi connectivity index (χ0) is 19.7. The molecule has 1 amide bonds. The Morgan fingerprint density at radius 2 is 1.82 bits per heavy atom. The van der Waals surface area contributed by atoms with E-state index in [-0.39, 0.29) is 11.7 Å². The fraction of sp³-hybridized carbons (Fsp3) is 0.0500. The molecule has 0 fully saturated rings. The monoisotopic (exact) mass is 399 g/mol. The number of aromatic nitrogens is 2. The molecule has 2 aromatic heterocycles. The van der Waals surface area contributed by atoms with E-state index in [1.165, 1.54) is 29.2 Å². The van der Waals surface area contributed by atoms with Crippen LogP contribution in [0.25, 0.3) is 10.2 Å². The number of nitrogens with zero attached hydrogens (tertiary/aromatic N) is 3. The summed E-state index contributed by atoms with van der Waals surface area (Å²) in [5.41, 5.74) is 0.467. The van der Waals surface area contributed by atoms with E-state index in [1.807, 2.05) is 0 Å². The quantitative estimate of drug-likeness (QED) is 0.488. The molecule has 0 unspecified atom stereocenters. The normalized spacial score (nSPS) is 11.0. The molecule has 0 N–H and O–H groups in total. The topological polar surface area (TPSA) is 46.1 Å². The van der Waals surface area contributed by atoms with Crippen LogP contribution in [0.15, 0.2) is 60.9 Å². The van der Waals surface area contributed by atoms with Crippen molar-refractivity contribution < 1.29 is 18.0 Å². The van der Waals surface area contributed by atoms with Crippen molar-refractivity contribution in [3.05, 3.63) is 89.5 Å². The summed E-state index contributed by atoms with van der Waals surface area (Å²) in [6.07, 6.45) is 3.12. The molecule has 0 saturated carbocycles. The molecule has 2 aromatic carbocycles. The number of anilines is 1. The Labute approximate surface area is 161 Å². The Balaban J connectivity index is 1.82. The molecule has 4 aromatic rings. The van der Waals surface area contributed by atoms with E-state index in [0.717, 1.165) is 23.5 Å². The number of amides is 1. The SMILES string of the molecule is O=C(c1c(F)cccc1F)N(Cc1cccnc1)c1nc2ccc(F)cc2s1. The fourth-order valence-corrected chi connectivity index (χ4v) is 3.73. The average molecular weight is 399 g/mol. The molecular weight excluding hydrogens is 387 g/mol. The fourth-order valence-electron chi connectivity index (χ4n) is 2.74. The van der Waals surface area contributed by atoms with Crippen molar-refractivity contribution in [1.29, 1.82) is 0 Å². The van der Waals surface area contributed by atoms with Crippen LogP contribution < -0.4 is 4.90 Å². The third kappa shape index (κ3) is 3.46. The lowest BCUT2D eigenvalue weighted by molar-refractivity contribution is 0.0977.